The fourth-order valence-corrected chi connectivity index (χ4v) is 4.38. The molecule has 0 saturated carbocycles. The molecule has 29 heavy (non-hydrogen) atoms. The fraction of sp³-hybridized carbons (Fsp3) is 0.0952. The van der Waals surface area contributed by atoms with Crippen LogP contribution >= 0.6 is 27.3 Å². The highest BCUT2D eigenvalue weighted by Crippen LogP contribution is 2.47. The summed E-state index contributed by atoms with van der Waals surface area (Å²) in [5, 5.41) is 15.1. The van der Waals surface area contributed by atoms with Crippen LogP contribution in [0, 0.1) is 0 Å². The number of aromatic hydroxyl groups is 1. The summed E-state index contributed by atoms with van der Waals surface area (Å²) >= 11 is 4.84. The Balaban J connectivity index is 1.70. The number of nitrogens with one attached hydrogen (secondary N) is 1. The SMILES string of the molecule is CCOc1ccccc1-c1sc2c(NN=Cc3cccc(Br)c3)ncnc2c1O. The number of benzene rings is 2. The minimum absolute atomic E-state index is 0.110. The van der Waals surface area contributed by atoms with Gasteiger partial charge in [0.25, 0.3) is 0 Å². The summed E-state index contributed by atoms with van der Waals surface area (Å²) in [6.07, 6.45) is 3.11. The number of hydrogen-bond donors (Lipinski definition) is 2. The van der Waals surface area contributed by atoms with Gasteiger partial charge in [-0.05, 0) is 36.8 Å². The second-order valence-corrected chi connectivity index (χ2v) is 7.97. The van der Waals surface area contributed by atoms with Crippen LogP contribution < -0.4 is 10.2 Å². The molecular formula is C21H17BrN4O2S. The van der Waals surface area contributed by atoms with Gasteiger partial charge in [-0.25, -0.2) is 9.97 Å². The molecule has 6 nitrogen and oxygen atoms in total. The van der Waals surface area contributed by atoms with E-state index in [0.717, 1.165) is 20.3 Å². The summed E-state index contributed by atoms with van der Waals surface area (Å²) in [5.74, 6) is 1.35. The maximum absolute atomic E-state index is 10.8. The van der Waals surface area contributed by atoms with Gasteiger partial charge in [0.1, 0.15) is 22.3 Å². The van der Waals surface area contributed by atoms with Crippen LogP contribution in [0.4, 0.5) is 5.82 Å². The molecular weight excluding hydrogens is 452 g/mol. The third kappa shape index (κ3) is 4.08. The van der Waals surface area contributed by atoms with Gasteiger partial charge in [-0.3, -0.25) is 5.43 Å². The molecule has 0 aliphatic rings. The second-order valence-electron chi connectivity index (χ2n) is 6.03. The number of halogens is 1. The summed E-state index contributed by atoms with van der Waals surface area (Å²) in [4.78, 5) is 9.22. The number of fused-ring (bicyclic) bond motifs is 1. The number of aromatic nitrogens is 2. The van der Waals surface area contributed by atoms with Crippen molar-refractivity contribution in [1.29, 1.82) is 0 Å². The summed E-state index contributed by atoms with van der Waals surface area (Å²) in [7, 11) is 0. The first-order valence-electron chi connectivity index (χ1n) is 8.90. The highest BCUT2D eigenvalue weighted by Gasteiger charge is 2.19. The van der Waals surface area contributed by atoms with E-state index in [-0.39, 0.29) is 5.75 Å². The molecule has 0 saturated heterocycles. The first-order valence-corrected chi connectivity index (χ1v) is 10.5. The molecule has 0 aliphatic carbocycles. The lowest BCUT2D eigenvalue weighted by Crippen LogP contribution is -1.94. The van der Waals surface area contributed by atoms with Crippen LogP contribution in [0.3, 0.4) is 0 Å². The van der Waals surface area contributed by atoms with Gasteiger partial charge in [0, 0.05) is 10.0 Å². The Morgan fingerprint density at radius 3 is 2.90 bits per heavy atom. The minimum atomic E-state index is 0.110. The molecule has 2 aromatic carbocycles. The minimum Gasteiger partial charge on any atom is -0.504 e. The number of anilines is 1. The van der Waals surface area contributed by atoms with Gasteiger partial charge in [0.2, 0.25) is 0 Å². The molecule has 2 aromatic heterocycles. The van der Waals surface area contributed by atoms with Crippen molar-refractivity contribution in [2.45, 2.75) is 6.92 Å². The maximum Gasteiger partial charge on any atom is 0.167 e. The highest BCUT2D eigenvalue weighted by molar-refractivity contribution is 9.10. The average Bonchev–Trinajstić information content (AvgIpc) is 3.06. The van der Waals surface area contributed by atoms with Crippen molar-refractivity contribution >= 4 is 49.5 Å². The van der Waals surface area contributed by atoms with Crippen LogP contribution in [0.15, 0.2) is 64.4 Å². The molecule has 0 aliphatic heterocycles. The average molecular weight is 469 g/mol. The van der Waals surface area contributed by atoms with Crippen LogP contribution in [0.5, 0.6) is 11.5 Å². The molecule has 0 atom stereocenters. The zero-order valence-corrected chi connectivity index (χ0v) is 17.9. The number of rotatable bonds is 6. The lowest BCUT2D eigenvalue weighted by Gasteiger charge is -2.08. The fourth-order valence-electron chi connectivity index (χ4n) is 2.85. The first kappa shape index (κ1) is 19.4. The van der Waals surface area contributed by atoms with Gasteiger partial charge in [-0.15, -0.1) is 11.3 Å². The predicted octanol–water partition coefficient (Wildman–Crippen LogP) is 5.67. The molecule has 4 rings (SSSR count). The van der Waals surface area contributed by atoms with Crippen molar-refractivity contribution in [2.75, 3.05) is 12.0 Å². The number of hydrazone groups is 1. The molecule has 8 heteroatoms. The Bertz CT molecular complexity index is 1190. The monoisotopic (exact) mass is 468 g/mol. The van der Waals surface area contributed by atoms with E-state index >= 15 is 0 Å². The van der Waals surface area contributed by atoms with Gasteiger partial charge in [0.05, 0.1) is 17.7 Å². The number of para-hydroxylation sites is 1. The van der Waals surface area contributed by atoms with Crippen molar-refractivity contribution in [3.05, 3.63) is 64.9 Å². The summed E-state index contributed by atoms with van der Waals surface area (Å²) in [6.45, 7) is 2.47. The van der Waals surface area contributed by atoms with Crippen LogP contribution in [0.25, 0.3) is 20.7 Å². The summed E-state index contributed by atoms with van der Waals surface area (Å²) in [5.41, 5.74) is 5.20. The lowest BCUT2D eigenvalue weighted by atomic mass is 10.1. The van der Waals surface area contributed by atoms with Crippen LogP contribution in [0.1, 0.15) is 12.5 Å². The number of thiophene rings is 1. The van der Waals surface area contributed by atoms with Gasteiger partial charge in [-0.1, -0.05) is 40.2 Å². The van der Waals surface area contributed by atoms with E-state index in [1.165, 1.54) is 17.7 Å². The molecule has 0 spiro atoms. The van der Waals surface area contributed by atoms with Crippen LogP contribution in [-0.2, 0) is 0 Å². The zero-order valence-electron chi connectivity index (χ0n) is 15.5. The molecule has 0 bridgehead atoms. The molecule has 146 valence electrons. The van der Waals surface area contributed by atoms with Crippen molar-refractivity contribution in [3.8, 4) is 21.9 Å². The smallest absolute Gasteiger partial charge is 0.167 e. The van der Waals surface area contributed by atoms with Crippen molar-refractivity contribution in [3.63, 3.8) is 0 Å². The first-order chi connectivity index (χ1) is 14.2. The van der Waals surface area contributed by atoms with Gasteiger partial charge < -0.3 is 9.84 Å². The van der Waals surface area contributed by atoms with E-state index < -0.39 is 0 Å². The maximum atomic E-state index is 10.8. The van der Waals surface area contributed by atoms with Crippen molar-refractivity contribution in [2.24, 2.45) is 5.10 Å². The van der Waals surface area contributed by atoms with Gasteiger partial charge >= 0.3 is 0 Å². The molecule has 2 heterocycles. The zero-order chi connectivity index (χ0) is 20.2. The Labute approximate surface area is 180 Å². The summed E-state index contributed by atoms with van der Waals surface area (Å²) < 4.78 is 7.41. The third-order valence-electron chi connectivity index (χ3n) is 4.11. The third-order valence-corrected chi connectivity index (χ3v) is 5.81. The van der Waals surface area contributed by atoms with Crippen LogP contribution in [0.2, 0.25) is 0 Å². The van der Waals surface area contributed by atoms with Crippen LogP contribution in [-0.4, -0.2) is 27.9 Å². The Morgan fingerprint density at radius 2 is 2.07 bits per heavy atom. The largest absolute Gasteiger partial charge is 0.504 e. The standard InChI is InChI=1S/C21H17BrN4O2S/c1-2-28-16-9-4-3-8-15(16)19-18(27)17-20(29-19)21(24-12-23-17)26-25-11-13-6-5-7-14(22)10-13/h3-12,27H,2H2,1H3,(H,23,24,26). The van der Waals surface area contributed by atoms with Crippen molar-refractivity contribution in [1.82, 2.24) is 9.97 Å². The van der Waals surface area contributed by atoms with E-state index in [1.54, 1.807) is 6.21 Å². The summed E-state index contributed by atoms with van der Waals surface area (Å²) in [6, 6.07) is 15.4. The predicted molar refractivity (Wildman–Crippen MR) is 121 cm³/mol. The van der Waals surface area contributed by atoms with E-state index in [0.29, 0.717) is 28.6 Å². The Morgan fingerprint density at radius 1 is 1.21 bits per heavy atom. The van der Waals surface area contributed by atoms with Gasteiger partial charge in [0.15, 0.2) is 11.6 Å². The molecule has 0 amide bonds. The normalized spacial score (nSPS) is 11.2. The number of ether oxygens (including phenoxy) is 1. The second kappa shape index (κ2) is 8.59. The van der Waals surface area contributed by atoms with E-state index in [2.05, 4.69) is 36.4 Å². The molecule has 0 fully saturated rings. The molecule has 0 radical (unpaired) electrons. The lowest BCUT2D eigenvalue weighted by molar-refractivity contribution is 0.341. The molecule has 2 N–H and O–H groups in total. The van der Waals surface area contributed by atoms with E-state index in [4.69, 9.17) is 4.74 Å². The van der Waals surface area contributed by atoms with Crippen molar-refractivity contribution < 1.29 is 9.84 Å². The van der Waals surface area contributed by atoms with Gasteiger partial charge in [-0.2, -0.15) is 5.10 Å². The number of hydrogen-bond acceptors (Lipinski definition) is 7. The molecule has 4 aromatic rings. The Kier molecular flexibility index (Phi) is 5.73. The highest BCUT2D eigenvalue weighted by atomic mass is 79.9. The number of nitrogens with zero attached hydrogens (tertiary/aromatic N) is 3. The van der Waals surface area contributed by atoms with E-state index in [1.807, 2.05) is 55.5 Å². The topological polar surface area (TPSA) is 79.6 Å². The molecule has 0 unspecified atom stereocenters. The quantitative estimate of drug-likeness (QED) is 0.281. The van der Waals surface area contributed by atoms with E-state index in [9.17, 15) is 5.11 Å². The Hall–Kier alpha value is -2.97.